The molecule has 0 aliphatic heterocycles. The molecule has 0 spiro atoms. The lowest BCUT2D eigenvalue weighted by Gasteiger charge is -2.28. The topological polar surface area (TPSA) is 8.17 Å². The Morgan fingerprint density at radius 2 is 0.906 bits per heavy atom. The number of rotatable bonds is 5. The van der Waals surface area contributed by atoms with Crippen LogP contribution in [0.2, 0.25) is 0 Å². The van der Waals surface area contributed by atoms with Gasteiger partial charge in [-0.3, -0.25) is 0 Å². The van der Waals surface area contributed by atoms with Gasteiger partial charge in [0.25, 0.3) is 0 Å². The standard InChI is InChI=1S/C51H40N2/c1-2-5-13-34(12-4-1)35-20-24-41(25-21-35)52(40-14-6-3-7-15-40)42-26-22-36-30-46-47-31-37-23-27-43(29-39(37)33-49(47)48(46)32-38(36)28-42)53-50-18-10-8-16-44(50)45-17-9-11-19-51(45)53/h3,6-11,14-34H,1-2,4-5,12-13H2. The third kappa shape index (κ3) is 5.00. The molecule has 1 aromatic heterocycles. The van der Waals surface area contributed by atoms with Crippen molar-refractivity contribution in [2.45, 2.75) is 44.4 Å². The van der Waals surface area contributed by atoms with Gasteiger partial charge in [-0.1, -0.05) is 105 Å². The van der Waals surface area contributed by atoms with E-state index in [0.717, 1.165) is 0 Å². The molecule has 0 radical (unpaired) electrons. The molecule has 1 saturated carbocycles. The number of hydrogen-bond acceptors (Lipinski definition) is 1. The van der Waals surface area contributed by atoms with E-state index in [1.165, 1.54) is 132 Å². The lowest BCUT2D eigenvalue weighted by Crippen LogP contribution is -2.10. The van der Waals surface area contributed by atoms with E-state index in [2.05, 4.69) is 173 Å². The fraction of sp³-hybridized carbons (Fsp3) is 0.137. The fourth-order valence-electron chi connectivity index (χ4n) is 9.41. The van der Waals surface area contributed by atoms with Crippen molar-refractivity contribution in [3.8, 4) is 27.9 Å². The minimum atomic E-state index is 0.691. The Morgan fingerprint density at radius 3 is 1.55 bits per heavy atom. The van der Waals surface area contributed by atoms with Crippen molar-refractivity contribution in [1.82, 2.24) is 4.57 Å². The first-order chi connectivity index (χ1) is 26.3. The Bertz CT molecular complexity index is 2780. The molecular formula is C51H40N2. The van der Waals surface area contributed by atoms with Crippen molar-refractivity contribution in [3.05, 3.63) is 169 Å². The number of hydrogen-bond donors (Lipinski definition) is 0. The monoisotopic (exact) mass is 680 g/mol. The van der Waals surface area contributed by atoms with E-state index in [1.54, 1.807) is 0 Å². The van der Waals surface area contributed by atoms with Crippen LogP contribution in [0, 0.1) is 0 Å². The minimum absolute atomic E-state index is 0.691. The highest BCUT2D eigenvalue weighted by Crippen LogP contribution is 2.51. The number of anilines is 3. The molecule has 0 saturated heterocycles. The summed E-state index contributed by atoms with van der Waals surface area (Å²) in [4.78, 5) is 2.41. The lowest BCUT2D eigenvalue weighted by atomic mass is 9.78. The molecule has 53 heavy (non-hydrogen) atoms. The largest absolute Gasteiger partial charge is 0.310 e. The Morgan fingerprint density at radius 1 is 0.396 bits per heavy atom. The van der Waals surface area contributed by atoms with Gasteiger partial charge in [0.15, 0.2) is 0 Å². The predicted octanol–water partition coefficient (Wildman–Crippen LogP) is 14.6. The van der Waals surface area contributed by atoms with E-state index >= 15 is 0 Å². The Hall–Kier alpha value is -6.12. The summed E-state index contributed by atoms with van der Waals surface area (Å²) in [6, 6.07) is 61.3. The molecule has 9 aromatic rings. The number of aromatic nitrogens is 1. The quantitative estimate of drug-likeness (QED) is 0.164. The van der Waals surface area contributed by atoms with Crippen LogP contribution >= 0.6 is 0 Å². The van der Waals surface area contributed by atoms with E-state index in [9.17, 15) is 0 Å². The minimum Gasteiger partial charge on any atom is -0.310 e. The van der Waals surface area contributed by atoms with Crippen LogP contribution in [0.1, 0.15) is 50.0 Å². The maximum atomic E-state index is 2.41. The zero-order chi connectivity index (χ0) is 34.9. The van der Waals surface area contributed by atoms with Crippen molar-refractivity contribution < 1.29 is 0 Å². The van der Waals surface area contributed by atoms with Gasteiger partial charge in [-0.15, -0.1) is 0 Å². The zero-order valence-corrected chi connectivity index (χ0v) is 29.8. The highest BCUT2D eigenvalue weighted by molar-refractivity contribution is 6.13. The van der Waals surface area contributed by atoms with Crippen LogP contribution in [0.3, 0.4) is 0 Å². The van der Waals surface area contributed by atoms with Gasteiger partial charge in [-0.2, -0.15) is 0 Å². The molecule has 2 nitrogen and oxygen atoms in total. The van der Waals surface area contributed by atoms with Crippen LogP contribution in [0.25, 0.3) is 71.3 Å². The second-order valence-electron chi connectivity index (χ2n) is 15.2. The number of fused-ring (bicyclic) bond motifs is 9. The van der Waals surface area contributed by atoms with Crippen molar-refractivity contribution in [2.75, 3.05) is 4.90 Å². The molecule has 0 amide bonds. The van der Waals surface area contributed by atoms with E-state index in [1.807, 2.05) is 0 Å². The summed E-state index contributed by atoms with van der Waals surface area (Å²) in [6.45, 7) is 0. The molecule has 254 valence electrons. The first-order valence-corrected chi connectivity index (χ1v) is 19.4. The normalized spacial score (nSPS) is 14.3. The van der Waals surface area contributed by atoms with Crippen LogP contribution in [-0.2, 0) is 0 Å². The highest BCUT2D eigenvalue weighted by atomic mass is 15.1. The van der Waals surface area contributed by atoms with Crippen LogP contribution in [-0.4, -0.2) is 4.57 Å². The van der Waals surface area contributed by atoms with E-state index in [0.29, 0.717) is 5.92 Å². The summed E-state index contributed by atoms with van der Waals surface area (Å²) in [5, 5.41) is 7.66. The summed E-state index contributed by atoms with van der Waals surface area (Å²) in [6.07, 6.45) is 8.11. The van der Waals surface area contributed by atoms with E-state index < -0.39 is 0 Å². The molecule has 2 aliphatic rings. The Labute approximate surface area is 310 Å². The fourth-order valence-corrected chi connectivity index (χ4v) is 9.41. The second kappa shape index (κ2) is 12.2. The second-order valence-corrected chi connectivity index (χ2v) is 15.2. The molecule has 1 fully saturated rings. The van der Waals surface area contributed by atoms with Gasteiger partial charge in [0.05, 0.1) is 11.0 Å². The smallest absolute Gasteiger partial charge is 0.0541 e. The Kier molecular flexibility index (Phi) is 7.05. The van der Waals surface area contributed by atoms with Crippen LogP contribution in [0.5, 0.6) is 0 Å². The maximum absolute atomic E-state index is 2.41. The van der Waals surface area contributed by atoms with E-state index in [4.69, 9.17) is 0 Å². The maximum Gasteiger partial charge on any atom is 0.0541 e. The van der Waals surface area contributed by atoms with Crippen LogP contribution in [0.15, 0.2) is 164 Å². The molecule has 0 atom stereocenters. The third-order valence-electron chi connectivity index (χ3n) is 12.1. The van der Waals surface area contributed by atoms with Crippen molar-refractivity contribution >= 4 is 60.4 Å². The summed E-state index contributed by atoms with van der Waals surface area (Å²) in [7, 11) is 0. The SMILES string of the molecule is c1ccc(N(c2ccc(C3CCCCCC3)cc2)c2ccc3cc4c(cc3c2)-c2cc3cc(-n5c6ccccc6c6ccccc65)ccc3cc2-4)cc1. The van der Waals surface area contributed by atoms with Gasteiger partial charge < -0.3 is 9.47 Å². The highest BCUT2D eigenvalue weighted by Gasteiger charge is 2.25. The first kappa shape index (κ1) is 30.5. The summed E-state index contributed by atoms with van der Waals surface area (Å²) < 4.78 is 2.41. The van der Waals surface area contributed by atoms with Crippen LogP contribution < -0.4 is 4.90 Å². The molecule has 2 aliphatic carbocycles. The molecule has 0 bridgehead atoms. The van der Waals surface area contributed by atoms with Crippen molar-refractivity contribution in [1.29, 1.82) is 0 Å². The van der Waals surface area contributed by atoms with Gasteiger partial charge >= 0.3 is 0 Å². The first-order valence-electron chi connectivity index (χ1n) is 19.4. The van der Waals surface area contributed by atoms with Gasteiger partial charge in [-0.05, 0) is 153 Å². The van der Waals surface area contributed by atoms with Crippen LogP contribution in [0.4, 0.5) is 17.1 Å². The van der Waals surface area contributed by atoms with E-state index in [-0.39, 0.29) is 0 Å². The summed E-state index contributed by atoms with van der Waals surface area (Å²) in [5.74, 6) is 0.691. The molecule has 2 heteroatoms. The number of para-hydroxylation sites is 3. The van der Waals surface area contributed by atoms with Gasteiger partial charge in [0, 0.05) is 33.5 Å². The van der Waals surface area contributed by atoms with Crippen molar-refractivity contribution in [2.24, 2.45) is 0 Å². The molecule has 1 heterocycles. The summed E-state index contributed by atoms with van der Waals surface area (Å²) in [5.41, 5.74) is 14.1. The Balaban J connectivity index is 0.977. The third-order valence-corrected chi connectivity index (χ3v) is 12.1. The number of nitrogens with zero attached hydrogens (tertiary/aromatic N) is 2. The molecule has 0 N–H and O–H groups in total. The van der Waals surface area contributed by atoms with Gasteiger partial charge in [0.2, 0.25) is 0 Å². The molecular weight excluding hydrogens is 641 g/mol. The van der Waals surface area contributed by atoms with Crippen molar-refractivity contribution in [3.63, 3.8) is 0 Å². The molecule has 11 rings (SSSR count). The lowest BCUT2D eigenvalue weighted by molar-refractivity contribution is 0.592. The molecule has 0 unspecified atom stereocenters. The molecule has 8 aromatic carbocycles. The van der Waals surface area contributed by atoms with Gasteiger partial charge in [0.1, 0.15) is 0 Å². The summed E-state index contributed by atoms with van der Waals surface area (Å²) >= 11 is 0. The van der Waals surface area contributed by atoms with Gasteiger partial charge in [-0.25, -0.2) is 0 Å². The zero-order valence-electron chi connectivity index (χ0n) is 29.8. The predicted molar refractivity (Wildman–Crippen MR) is 225 cm³/mol. The average molecular weight is 681 g/mol. The average Bonchev–Trinajstić information content (AvgIpc) is 3.32. The number of benzene rings is 8.